The third-order valence-corrected chi connectivity index (χ3v) is 11.6. The van der Waals surface area contributed by atoms with Gasteiger partial charge in [-0.2, -0.15) is 0 Å². The van der Waals surface area contributed by atoms with Crippen molar-refractivity contribution in [3.63, 3.8) is 0 Å². The van der Waals surface area contributed by atoms with E-state index in [0.29, 0.717) is 41.3 Å². The monoisotopic (exact) mass is 430 g/mol. The number of ketones is 1. The number of aliphatic hydroxyl groups excluding tert-OH is 1. The average Bonchev–Trinajstić information content (AvgIpc) is 3.15. The van der Waals surface area contributed by atoms with Crippen molar-refractivity contribution in [1.29, 1.82) is 0 Å². The Labute approximate surface area is 187 Å². The summed E-state index contributed by atoms with van der Waals surface area (Å²) in [6.07, 6.45) is 9.26. The summed E-state index contributed by atoms with van der Waals surface area (Å²) in [5.74, 6) is 3.36. The molecule has 2 heterocycles. The molecule has 174 valence electrons. The van der Waals surface area contributed by atoms with Gasteiger partial charge in [0.05, 0.1) is 18.8 Å². The second kappa shape index (κ2) is 6.79. The summed E-state index contributed by atoms with van der Waals surface area (Å²) in [7, 11) is 0. The van der Waals surface area contributed by atoms with E-state index in [2.05, 4.69) is 27.7 Å². The number of rotatable bonds is 0. The Morgan fingerprint density at radius 3 is 2.55 bits per heavy atom. The number of hydrogen-bond acceptors (Lipinski definition) is 4. The van der Waals surface area contributed by atoms with Crippen LogP contribution in [0.25, 0.3) is 0 Å². The molecule has 0 bridgehead atoms. The number of carbonyl (C=O) groups is 1. The summed E-state index contributed by atoms with van der Waals surface area (Å²) in [5.41, 5.74) is 0.143. The lowest BCUT2D eigenvalue weighted by Gasteiger charge is -2.60. The minimum Gasteiger partial charge on any atom is -0.393 e. The van der Waals surface area contributed by atoms with Gasteiger partial charge < -0.3 is 14.6 Å². The summed E-state index contributed by atoms with van der Waals surface area (Å²) < 4.78 is 13.2. The maximum atomic E-state index is 13.9. The van der Waals surface area contributed by atoms with Crippen molar-refractivity contribution in [2.45, 2.75) is 103 Å². The highest BCUT2D eigenvalue weighted by Gasteiger charge is 2.70. The number of ether oxygens (including phenoxy) is 2. The molecule has 0 aromatic carbocycles. The van der Waals surface area contributed by atoms with Crippen LogP contribution in [-0.2, 0) is 14.3 Å². The van der Waals surface area contributed by atoms with Gasteiger partial charge in [-0.25, -0.2) is 0 Å². The SMILES string of the molecule is C[C@H]1CC[C@@]2(OC1)O[C@H]1C[C@H]3[C@@H]4CC[C@H]5C[C@@H](O)CC[C@]5(C)[C@H]4C(=O)C[C@]3(C)[C@H]1[C@H]2C. The topological polar surface area (TPSA) is 55.8 Å². The molecule has 2 saturated heterocycles. The summed E-state index contributed by atoms with van der Waals surface area (Å²) >= 11 is 0. The number of fused-ring (bicyclic) bond motifs is 7. The fraction of sp³-hybridized carbons (Fsp3) is 0.963. The van der Waals surface area contributed by atoms with E-state index in [-0.39, 0.29) is 29.0 Å². The smallest absolute Gasteiger partial charge is 0.171 e. The predicted molar refractivity (Wildman–Crippen MR) is 118 cm³/mol. The molecule has 0 aromatic rings. The third kappa shape index (κ3) is 2.74. The molecule has 1 N–H and O–H groups in total. The molecule has 2 aliphatic heterocycles. The predicted octanol–water partition coefficient (Wildman–Crippen LogP) is 4.97. The summed E-state index contributed by atoms with van der Waals surface area (Å²) in [5, 5.41) is 10.3. The van der Waals surface area contributed by atoms with Crippen LogP contribution >= 0.6 is 0 Å². The van der Waals surface area contributed by atoms with E-state index in [9.17, 15) is 9.90 Å². The van der Waals surface area contributed by atoms with Crippen LogP contribution in [0.15, 0.2) is 0 Å². The highest BCUT2D eigenvalue weighted by Crippen LogP contribution is 2.70. The summed E-state index contributed by atoms with van der Waals surface area (Å²) in [6, 6.07) is 0. The van der Waals surface area contributed by atoms with Crippen molar-refractivity contribution in [2.75, 3.05) is 6.61 Å². The van der Waals surface area contributed by atoms with Gasteiger partial charge >= 0.3 is 0 Å². The first-order chi connectivity index (χ1) is 14.7. The molecule has 0 unspecified atom stereocenters. The van der Waals surface area contributed by atoms with Crippen LogP contribution in [0.1, 0.15) is 85.5 Å². The Hall–Kier alpha value is -0.450. The Kier molecular flexibility index (Phi) is 4.62. The van der Waals surface area contributed by atoms with Crippen molar-refractivity contribution >= 4 is 5.78 Å². The average molecular weight is 431 g/mol. The van der Waals surface area contributed by atoms with E-state index in [0.717, 1.165) is 51.6 Å². The lowest BCUT2D eigenvalue weighted by molar-refractivity contribution is -0.272. The molecule has 1 spiro atoms. The molecule has 31 heavy (non-hydrogen) atoms. The zero-order chi connectivity index (χ0) is 21.8. The van der Waals surface area contributed by atoms with E-state index in [4.69, 9.17) is 9.47 Å². The van der Waals surface area contributed by atoms with E-state index < -0.39 is 5.79 Å². The Bertz CT molecular complexity index is 756. The van der Waals surface area contributed by atoms with Crippen molar-refractivity contribution in [1.82, 2.24) is 0 Å². The lowest BCUT2D eigenvalue weighted by Crippen LogP contribution is -2.58. The molecule has 4 aliphatic carbocycles. The van der Waals surface area contributed by atoms with E-state index in [1.54, 1.807) is 0 Å². The molecule has 12 atom stereocenters. The Morgan fingerprint density at radius 2 is 1.81 bits per heavy atom. The fourth-order valence-electron chi connectivity index (χ4n) is 10.1. The highest BCUT2D eigenvalue weighted by atomic mass is 16.7. The molecular formula is C27H42O4. The molecule has 6 fully saturated rings. The second-order valence-corrected chi connectivity index (χ2v) is 13.1. The normalized spacial score (nSPS) is 60.9. The van der Waals surface area contributed by atoms with Crippen molar-refractivity contribution in [2.24, 2.45) is 52.3 Å². The van der Waals surface area contributed by atoms with Crippen molar-refractivity contribution in [3.8, 4) is 0 Å². The van der Waals surface area contributed by atoms with Crippen LogP contribution in [0.4, 0.5) is 0 Å². The lowest BCUT2D eigenvalue weighted by atomic mass is 9.44. The van der Waals surface area contributed by atoms with Crippen LogP contribution in [0.2, 0.25) is 0 Å². The van der Waals surface area contributed by atoms with E-state index >= 15 is 0 Å². The maximum Gasteiger partial charge on any atom is 0.171 e. The van der Waals surface area contributed by atoms with Gasteiger partial charge in [-0.3, -0.25) is 4.79 Å². The van der Waals surface area contributed by atoms with Crippen LogP contribution in [-0.4, -0.2) is 35.5 Å². The van der Waals surface area contributed by atoms with Gasteiger partial charge in [-0.15, -0.1) is 0 Å². The van der Waals surface area contributed by atoms with Crippen molar-refractivity contribution in [3.05, 3.63) is 0 Å². The van der Waals surface area contributed by atoms with Crippen LogP contribution in [0, 0.1) is 52.3 Å². The molecular weight excluding hydrogens is 388 g/mol. The van der Waals surface area contributed by atoms with Gasteiger partial charge in [0, 0.05) is 24.7 Å². The highest BCUT2D eigenvalue weighted by molar-refractivity contribution is 5.84. The molecule has 0 radical (unpaired) electrons. The number of aliphatic hydroxyl groups is 1. The van der Waals surface area contributed by atoms with Crippen LogP contribution in [0.5, 0.6) is 0 Å². The molecule has 6 rings (SSSR count). The van der Waals surface area contributed by atoms with E-state index in [1.807, 2.05) is 0 Å². The van der Waals surface area contributed by atoms with Crippen LogP contribution in [0.3, 0.4) is 0 Å². The minimum absolute atomic E-state index is 0.0512. The number of Topliss-reactive ketones (excluding diaryl/α,β-unsaturated/α-hetero) is 1. The van der Waals surface area contributed by atoms with Crippen molar-refractivity contribution < 1.29 is 19.4 Å². The number of carbonyl (C=O) groups excluding carboxylic acids is 1. The van der Waals surface area contributed by atoms with Gasteiger partial charge in [-0.05, 0) is 85.4 Å². The van der Waals surface area contributed by atoms with Gasteiger partial charge in [-0.1, -0.05) is 27.7 Å². The van der Waals surface area contributed by atoms with E-state index in [1.165, 1.54) is 12.8 Å². The third-order valence-electron chi connectivity index (χ3n) is 11.6. The van der Waals surface area contributed by atoms with Crippen LogP contribution < -0.4 is 0 Å². The van der Waals surface area contributed by atoms with Gasteiger partial charge in [0.25, 0.3) is 0 Å². The zero-order valence-corrected chi connectivity index (χ0v) is 19.9. The quantitative estimate of drug-likeness (QED) is 0.589. The first-order valence-electron chi connectivity index (χ1n) is 13.2. The number of hydrogen-bond donors (Lipinski definition) is 1. The first-order valence-corrected chi connectivity index (χ1v) is 13.2. The Morgan fingerprint density at radius 1 is 1.00 bits per heavy atom. The molecule has 0 amide bonds. The largest absolute Gasteiger partial charge is 0.393 e. The molecule has 4 nitrogen and oxygen atoms in total. The van der Waals surface area contributed by atoms with Gasteiger partial charge in [0.1, 0.15) is 5.78 Å². The van der Waals surface area contributed by atoms with Gasteiger partial charge in [0.2, 0.25) is 0 Å². The minimum atomic E-state index is -0.404. The Balaban J connectivity index is 1.30. The maximum absolute atomic E-state index is 13.9. The molecule has 0 aromatic heterocycles. The first kappa shape index (κ1) is 21.1. The summed E-state index contributed by atoms with van der Waals surface area (Å²) in [6.45, 7) is 10.2. The molecule has 4 saturated carbocycles. The summed E-state index contributed by atoms with van der Waals surface area (Å²) in [4.78, 5) is 13.9. The molecule has 6 aliphatic rings. The standard InChI is InChI=1S/C27H42O4/c1-15-7-10-27(30-14-15)16(2)23-22(31-27)12-20-19-6-5-17-11-18(28)8-9-25(17,3)24(19)21(29)13-26(20,23)4/h15-20,22-24,28H,5-14H2,1-4H3/t15-,16+,17-,18-,19-,20-,22-,23-,24+,25-,26-,27+/m0/s1. The fourth-order valence-corrected chi connectivity index (χ4v) is 10.1. The molecule has 4 heteroatoms. The van der Waals surface area contributed by atoms with Gasteiger partial charge in [0.15, 0.2) is 5.79 Å². The second-order valence-electron chi connectivity index (χ2n) is 13.1. The zero-order valence-electron chi connectivity index (χ0n) is 19.9.